The molecule has 0 fully saturated rings. The van der Waals surface area contributed by atoms with Crippen molar-refractivity contribution in [3.63, 3.8) is 0 Å². The van der Waals surface area contributed by atoms with Crippen molar-refractivity contribution in [1.29, 1.82) is 0 Å². The number of aryl methyl sites for hydroxylation is 1. The molecular formula is C15H13N5OS. The van der Waals surface area contributed by atoms with Gasteiger partial charge in [0.2, 0.25) is 5.91 Å². The Bertz CT molecular complexity index is 814. The lowest BCUT2D eigenvalue weighted by Crippen LogP contribution is -2.23. The van der Waals surface area contributed by atoms with Gasteiger partial charge in [-0.05, 0) is 29.4 Å². The minimum Gasteiger partial charge on any atom is -0.292 e. The van der Waals surface area contributed by atoms with Gasteiger partial charge in [0.05, 0.1) is 0 Å². The molecule has 4 rings (SSSR count). The molecule has 7 heteroatoms. The molecule has 22 heavy (non-hydrogen) atoms. The quantitative estimate of drug-likeness (QED) is 0.784. The van der Waals surface area contributed by atoms with Gasteiger partial charge in [-0.2, -0.15) is 4.98 Å². The first-order valence-electron chi connectivity index (χ1n) is 6.99. The molecule has 1 aromatic carbocycles. The fraction of sp³-hybridized carbons (Fsp3) is 0.200. The van der Waals surface area contributed by atoms with Crippen molar-refractivity contribution in [1.82, 2.24) is 19.6 Å². The summed E-state index contributed by atoms with van der Waals surface area (Å²) >= 11 is 1.65. The monoisotopic (exact) mass is 311 g/mol. The van der Waals surface area contributed by atoms with Crippen molar-refractivity contribution < 1.29 is 4.79 Å². The molecule has 0 radical (unpaired) electrons. The van der Waals surface area contributed by atoms with Crippen LogP contribution in [0.3, 0.4) is 0 Å². The van der Waals surface area contributed by atoms with E-state index in [-0.39, 0.29) is 17.1 Å². The number of nitrogens with zero attached hydrogens (tertiary/aromatic N) is 4. The maximum Gasteiger partial charge on any atom is 0.253 e. The Morgan fingerprint density at radius 3 is 3.14 bits per heavy atom. The number of hydrogen-bond acceptors (Lipinski definition) is 5. The molecule has 1 aliphatic heterocycles. The number of fused-ring (bicyclic) bond motifs is 2. The summed E-state index contributed by atoms with van der Waals surface area (Å²) in [5.74, 6) is 1.60. The second-order valence-electron chi connectivity index (χ2n) is 4.99. The van der Waals surface area contributed by atoms with Crippen LogP contribution < -0.4 is 5.32 Å². The lowest BCUT2D eigenvalue weighted by Gasteiger charge is -2.23. The van der Waals surface area contributed by atoms with Crippen LogP contribution in [0.5, 0.6) is 0 Å². The van der Waals surface area contributed by atoms with Crippen molar-refractivity contribution in [3.8, 4) is 0 Å². The third-order valence-electron chi connectivity index (χ3n) is 3.58. The summed E-state index contributed by atoms with van der Waals surface area (Å²) in [7, 11) is 0. The van der Waals surface area contributed by atoms with Crippen LogP contribution in [0.25, 0.3) is 5.78 Å². The van der Waals surface area contributed by atoms with E-state index in [0.717, 1.165) is 17.7 Å². The summed E-state index contributed by atoms with van der Waals surface area (Å²) in [5, 5.41) is 6.79. The van der Waals surface area contributed by atoms with E-state index in [0.29, 0.717) is 5.78 Å². The van der Waals surface area contributed by atoms with Crippen LogP contribution >= 0.6 is 11.8 Å². The first-order valence-corrected chi connectivity index (χ1v) is 8.04. The lowest BCUT2D eigenvalue weighted by molar-refractivity contribution is -0.115. The number of carbonyl (C=O) groups excluding carboxylic acids is 1. The number of carbonyl (C=O) groups is 1. The van der Waals surface area contributed by atoms with Crippen molar-refractivity contribution in [2.45, 2.75) is 11.7 Å². The molecular weight excluding hydrogens is 298 g/mol. The number of nitrogens with one attached hydrogen (secondary N) is 1. The van der Waals surface area contributed by atoms with E-state index < -0.39 is 0 Å². The van der Waals surface area contributed by atoms with Gasteiger partial charge in [0.15, 0.2) is 0 Å². The highest BCUT2D eigenvalue weighted by atomic mass is 32.2. The molecule has 0 saturated carbocycles. The van der Waals surface area contributed by atoms with E-state index in [1.165, 1.54) is 10.1 Å². The van der Waals surface area contributed by atoms with E-state index >= 15 is 0 Å². The van der Waals surface area contributed by atoms with E-state index in [4.69, 9.17) is 0 Å². The molecule has 1 amide bonds. The number of thioether (sulfide) groups is 1. The Labute approximate surface area is 131 Å². The average molecular weight is 311 g/mol. The molecule has 0 bridgehead atoms. The first kappa shape index (κ1) is 13.3. The molecule has 0 spiro atoms. The number of anilines is 1. The summed E-state index contributed by atoms with van der Waals surface area (Å²) < 4.78 is 1.54. The third-order valence-corrected chi connectivity index (χ3v) is 4.82. The maximum atomic E-state index is 12.6. The highest BCUT2D eigenvalue weighted by molar-refractivity contribution is 8.00. The van der Waals surface area contributed by atoms with Crippen molar-refractivity contribution in [2.75, 3.05) is 11.1 Å². The van der Waals surface area contributed by atoms with Crippen LogP contribution in [0, 0.1) is 0 Å². The zero-order valence-electron chi connectivity index (χ0n) is 11.6. The fourth-order valence-electron chi connectivity index (χ4n) is 2.57. The van der Waals surface area contributed by atoms with E-state index in [2.05, 4.69) is 26.4 Å². The van der Waals surface area contributed by atoms with Gasteiger partial charge in [0.1, 0.15) is 5.25 Å². The molecule has 0 saturated heterocycles. The minimum absolute atomic E-state index is 0.0898. The summed E-state index contributed by atoms with van der Waals surface area (Å²) in [6, 6.07) is 9.85. The summed E-state index contributed by atoms with van der Waals surface area (Å²) in [4.78, 5) is 20.9. The second-order valence-corrected chi connectivity index (χ2v) is 6.20. The second kappa shape index (κ2) is 5.42. The van der Waals surface area contributed by atoms with Gasteiger partial charge in [-0.3, -0.25) is 10.1 Å². The number of hydrogen-bond donors (Lipinski definition) is 1. The Morgan fingerprint density at radius 1 is 1.32 bits per heavy atom. The van der Waals surface area contributed by atoms with Crippen molar-refractivity contribution in [2.24, 2.45) is 0 Å². The van der Waals surface area contributed by atoms with Gasteiger partial charge in [0.25, 0.3) is 11.7 Å². The zero-order chi connectivity index (χ0) is 14.9. The Hall–Kier alpha value is -2.41. The summed E-state index contributed by atoms with van der Waals surface area (Å²) in [5.41, 5.74) is 2.32. The molecule has 1 N–H and O–H groups in total. The van der Waals surface area contributed by atoms with Gasteiger partial charge in [0, 0.05) is 12.4 Å². The lowest BCUT2D eigenvalue weighted by atomic mass is 10.0. The van der Waals surface area contributed by atoms with Crippen molar-refractivity contribution in [3.05, 3.63) is 53.9 Å². The van der Waals surface area contributed by atoms with Crippen LogP contribution in [0.1, 0.15) is 16.4 Å². The third kappa shape index (κ3) is 2.33. The van der Waals surface area contributed by atoms with Crippen molar-refractivity contribution >= 4 is 29.4 Å². The fourth-order valence-corrected chi connectivity index (χ4v) is 3.77. The average Bonchev–Trinajstić information content (AvgIpc) is 2.96. The number of benzene rings is 1. The molecule has 110 valence electrons. The van der Waals surface area contributed by atoms with E-state index in [1.54, 1.807) is 30.2 Å². The first-order chi connectivity index (χ1) is 10.8. The van der Waals surface area contributed by atoms with Gasteiger partial charge in [-0.15, -0.1) is 16.9 Å². The van der Waals surface area contributed by atoms with Gasteiger partial charge < -0.3 is 0 Å². The normalized spacial score (nSPS) is 17.2. The molecule has 6 nitrogen and oxygen atoms in total. The van der Waals surface area contributed by atoms with Crippen LogP contribution in [-0.4, -0.2) is 31.2 Å². The molecule has 2 aromatic heterocycles. The molecule has 3 aromatic rings. The largest absolute Gasteiger partial charge is 0.292 e. The summed E-state index contributed by atoms with van der Waals surface area (Å²) in [6.45, 7) is 0. The van der Waals surface area contributed by atoms with Crippen LogP contribution in [0.2, 0.25) is 0 Å². The predicted octanol–water partition coefficient (Wildman–Crippen LogP) is 2.09. The Balaban J connectivity index is 1.60. The zero-order valence-corrected chi connectivity index (χ0v) is 12.5. The molecule has 1 aliphatic rings. The van der Waals surface area contributed by atoms with E-state index in [9.17, 15) is 4.79 Å². The number of aromatic nitrogens is 4. The highest BCUT2D eigenvalue weighted by Gasteiger charge is 2.27. The smallest absolute Gasteiger partial charge is 0.253 e. The van der Waals surface area contributed by atoms with Crippen LogP contribution in [0.15, 0.2) is 42.7 Å². The highest BCUT2D eigenvalue weighted by Crippen LogP contribution is 2.37. The SMILES string of the molecule is O=C(Nc1nc2ncccn2n1)C1SCCc2ccccc21. The predicted molar refractivity (Wildman–Crippen MR) is 84.8 cm³/mol. The van der Waals surface area contributed by atoms with Gasteiger partial charge >= 0.3 is 0 Å². The number of amides is 1. The standard InChI is InChI=1S/C15H13N5OS/c21-13(12-11-5-2-1-4-10(11)6-9-22-12)17-14-18-15-16-7-3-8-20(15)19-14/h1-5,7-8,12H,6,9H2,(H,17,19,21). The molecule has 0 aliphatic carbocycles. The summed E-state index contributed by atoms with van der Waals surface area (Å²) in [6.07, 6.45) is 4.39. The topological polar surface area (TPSA) is 72.2 Å². The molecule has 1 unspecified atom stereocenters. The van der Waals surface area contributed by atoms with Gasteiger partial charge in [-0.25, -0.2) is 9.50 Å². The van der Waals surface area contributed by atoms with E-state index in [1.807, 2.05) is 18.2 Å². The maximum absolute atomic E-state index is 12.6. The van der Waals surface area contributed by atoms with Crippen LogP contribution in [0.4, 0.5) is 5.95 Å². The van der Waals surface area contributed by atoms with Gasteiger partial charge in [-0.1, -0.05) is 24.3 Å². The molecule has 1 atom stereocenters. The number of rotatable bonds is 2. The Morgan fingerprint density at radius 2 is 2.23 bits per heavy atom. The Kier molecular flexibility index (Phi) is 3.27. The minimum atomic E-state index is -0.218. The van der Waals surface area contributed by atoms with Crippen LogP contribution in [-0.2, 0) is 11.2 Å². The molecule has 3 heterocycles.